The van der Waals surface area contributed by atoms with Gasteiger partial charge in [-0.1, -0.05) is 0 Å². The van der Waals surface area contributed by atoms with Crippen molar-refractivity contribution in [2.45, 2.75) is 32.9 Å². The van der Waals surface area contributed by atoms with Gasteiger partial charge < -0.3 is 21.3 Å². The van der Waals surface area contributed by atoms with Gasteiger partial charge in [-0.2, -0.15) is 0 Å². The quantitative estimate of drug-likeness (QED) is 0.526. The van der Waals surface area contributed by atoms with Crippen LogP contribution in [-0.4, -0.2) is 43.4 Å². The van der Waals surface area contributed by atoms with Crippen molar-refractivity contribution in [3.8, 4) is 0 Å². The summed E-state index contributed by atoms with van der Waals surface area (Å²) >= 11 is 0. The summed E-state index contributed by atoms with van der Waals surface area (Å²) in [5, 5.41) is 5.56. The summed E-state index contributed by atoms with van der Waals surface area (Å²) in [5.74, 6) is -0.814. The van der Waals surface area contributed by atoms with E-state index in [1.54, 1.807) is 38.2 Å². The van der Waals surface area contributed by atoms with Crippen molar-refractivity contribution in [1.29, 1.82) is 0 Å². The third-order valence-corrected chi connectivity index (χ3v) is 3.46. The third kappa shape index (κ3) is 6.07. The normalized spacial score (nSPS) is 13.3. The zero-order valence-corrected chi connectivity index (χ0v) is 14.0. The van der Waals surface area contributed by atoms with E-state index in [0.29, 0.717) is 11.3 Å². The van der Waals surface area contributed by atoms with Crippen LogP contribution in [0.1, 0.15) is 31.1 Å². The number of carbonyl (C=O) groups excluding carboxylic acids is 3. The van der Waals surface area contributed by atoms with Gasteiger partial charge in [0, 0.05) is 17.3 Å². The first-order valence-corrected chi connectivity index (χ1v) is 7.53. The van der Waals surface area contributed by atoms with Crippen LogP contribution in [0.25, 0.3) is 0 Å². The molecule has 2 atom stereocenters. The molecule has 1 aromatic rings. The smallest absolute Gasteiger partial charge is 0.282 e. The Hall–Kier alpha value is -2.41. The Bertz CT molecular complexity index is 569. The monoisotopic (exact) mass is 321 g/mol. The minimum Gasteiger partial charge on any atom is -0.366 e. The van der Waals surface area contributed by atoms with Crippen molar-refractivity contribution in [2.24, 2.45) is 5.73 Å². The number of hydrogen-bond donors (Lipinski definition) is 4. The second-order valence-corrected chi connectivity index (χ2v) is 5.90. The summed E-state index contributed by atoms with van der Waals surface area (Å²) in [7, 11) is 1.79. The molecule has 23 heavy (non-hydrogen) atoms. The van der Waals surface area contributed by atoms with Crippen molar-refractivity contribution in [1.82, 2.24) is 5.32 Å². The molecule has 1 aromatic carbocycles. The average Bonchev–Trinajstić information content (AvgIpc) is 2.45. The lowest BCUT2D eigenvalue weighted by molar-refractivity contribution is -0.885. The van der Waals surface area contributed by atoms with Gasteiger partial charge in [-0.15, -0.1) is 0 Å². The van der Waals surface area contributed by atoms with E-state index in [2.05, 4.69) is 10.6 Å². The van der Waals surface area contributed by atoms with Gasteiger partial charge in [-0.05, 0) is 45.0 Å². The molecule has 3 amide bonds. The van der Waals surface area contributed by atoms with E-state index in [-0.39, 0.29) is 24.4 Å². The summed E-state index contributed by atoms with van der Waals surface area (Å²) in [6.07, 6.45) is 0. The topological polar surface area (TPSA) is 106 Å². The third-order valence-electron chi connectivity index (χ3n) is 3.46. The highest BCUT2D eigenvalue weighted by atomic mass is 16.2. The average molecular weight is 321 g/mol. The fourth-order valence-corrected chi connectivity index (χ4v) is 1.97. The SMILES string of the molecule is CC(C)NC(=O)C[NH+](C)[C@@H](C)C(=O)Nc1ccc(C(N)=O)cc1. The minimum absolute atomic E-state index is 0.0724. The predicted molar refractivity (Wildman–Crippen MR) is 88.1 cm³/mol. The standard InChI is InChI=1S/C16H24N4O3/c1-10(2)18-14(21)9-20(4)11(3)16(23)19-13-7-5-12(6-8-13)15(17)22/h5-8,10-11H,9H2,1-4H3,(H2,17,22)(H,18,21)(H,19,23)/p+1/t11-/m0/s1. The first kappa shape index (κ1) is 18.6. The van der Waals surface area contributed by atoms with Crippen LogP contribution in [0.4, 0.5) is 5.69 Å². The number of hydrogen-bond acceptors (Lipinski definition) is 3. The first-order chi connectivity index (χ1) is 10.7. The summed E-state index contributed by atoms with van der Waals surface area (Å²) in [5.41, 5.74) is 6.12. The summed E-state index contributed by atoms with van der Waals surface area (Å²) in [6, 6.07) is 6.01. The van der Waals surface area contributed by atoms with E-state index in [0.717, 1.165) is 4.90 Å². The number of nitrogens with two attached hydrogens (primary N) is 1. The molecule has 0 aliphatic rings. The van der Waals surface area contributed by atoms with Crippen molar-refractivity contribution in [3.63, 3.8) is 0 Å². The first-order valence-electron chi connectivity index (χ1n) is 7.53. The van der Waals surface area contributed by atoms with Crippen LogP contribution in [0.15, 0.2) is 24.3 Å². The highest BCUT2D eigenvalue weighted by Gasteiger charge is 2.24. The second-order valence-electron chi connectivity index (χ2n) is 5.90. The van der Waals surface area contributed by atoms with Crippen molar-refractivity contribution in [3.05, 3.63) is 29.8 Å². The van der Waals surface area contributed by atoms with E-state index >= 15 is 0 Å². The molecule has 126 valence electrons. The molecule has 0 spiro atoms. The number of amides is 3. The maximum absolute atomic E-state index is 12.2. The van der Waals surface area contributed by atoms with E-state index in [1.165, 1.54) is 0 Å². The van der Waals surface area contributed by atoms with Crippen LogP contribution < -0.4 is 21.3 Å². The summed E-state index contributed by atoms with van der Waals surface area (Å²) in [4.78, 5) is 35.8. The number of nitrogens with one attached hydrogen (secondary N) is 3. The second kappa shape index (κ2) is 8.28. The highest BCUT2D eigenvalue weighted by molar-refractivity contribution is 5.96. The van der Waals surface area contributed by atoms with Gasteiger partial charge in [0.2, 0.25) is 5.91 Å². The number of rotatable bonds is 7. The summed E-state index contributed by atoms with van der Waals surface area (Å²) < 4.78 is 0. The number of anilines is 1. The highest BCUT2D eigenvalue weighted by Crippen LogP contribution is 2.09. The molecule has 0 aliphatic carbocycles. The Balaban J connectivity index is 2.58. The van der Waals surface area contributed by atoms with Gasteiger partial charge in [0.1, 0.15) is 0 Å². The van der Waals surface area contributed by atoms with Crippen LogP contribution in [0.5, 0.6) is 0 Å². The Morgan fingerprint density at radius 1 is 1.13 bits per heavy atom. The fourth-order valence-electron chi connectivity index (χ4n) is 1.97. The number of benzene rings is 1. The van der Waals surface area contributed by atoms with E-state index in [9.17, 15) is 14.4 Å². The zero-order chi connectivity index (χ0) is 17.6. The lowest BCUT2D eigenvalue weighted by Crippen LogP contribution is -3.15. The molecule has 0 aliphatic heterocycles. The molecule has 5 N–H and O–H groups in total. The van der Waals surface area contributed by atoms with Gasteiger partial charge >= 0.3 is 0 Å². The molecule has 1 unspecified atom stereocenters. The molecule has 1 rings (SSSR count). The molecular weight excluding hydrogens is 296 g/mol. The Kier molecular flexibility index (Phi) is 6.71. The van der Waals surface area contributed by atoms with Crippen molar-refractivity contribution in [2.75, 3.05) is 18.9 Å². The molecule has 0 saturated heterocycles. The molecule has 7 heteroatoms. The van der Waals surface area contributed by atoms with Gasteiger partial charge in [0.25, 0.3) is 11.8 Å². The van der Waals surface area contributed by atoms with Gasteiger partial charge in [-0.3, -0.25) is 14.4 Å². The molecule has 0 saturated carbocycles. The molecule has 7 nitrogen and oxygen atoms in total. The van der Waals surface area contributed by atoms with Crippen LogP contribution in [0, 0.1) is 0 Å². The zero-order valence-electron chi connectivity index (χ0n) is 14.0. The molecule has 0 bridgehead atoms. The predicted octanol–water partition coefficient (Wildman–Crippen LogP) is -0.848. The van der Waals surface area contributed by atoms with E-state index in [1.807, 2.05) is 13.8 Å². The van der Waals surface area contributed by atoms with Crippen molar-refractivity contribution < 1.29 is 19.3 Å². The van der Waals surface area contributed by atoms with Crippen LogP contribution in [0.3, 0.4) is 0 Å². The van der Waals surface area contributed by atoms with E-state index in [4.69, 9.17) is 5.73 Å². The lowest BCUT2D eigenvalue weighted by Gasteiger charge is -2.21. The molecule has 0 heterocycles. The van der Waals surface area contributed by atoms with Gasteiger partial charge in [0.15, 0.2) is 12.6 Å². The Labute approximate surface area is 136 Å². The maximum Gasteiger partial charge on any atom is 0.282 e. The Morgan fingerprint density at radius 3 is 2.17 bits per heavy atom. The lowest BCUT2D eigenvalue weighted by atomic mass is 10.2. The van der Waals surface area contributed by atoms with Crippen molar-refractivity contribution >= 4 is 23.4 Å². The van der Waals surface area contributed by atoms with Gasteiger partial charge in [0.05, 0.1) is 7.05 Å². The molecule has 0 radical (unpaired) electrons. The molecule has 0 fully saturated rings. The number of carbonyl (C=O) groups is 3. The molecular formula is C16H25N4O3+. The summed E-state index contributed by atoms with van der Waals surface area (Å²) in [6.45, 7) is 5.75. The van der Waals surface area contributed by atoms with Crippen LogP contribution in [-0.2, 0) is 9.59 Å². The Morgan fingerprint density at radius 2 is 1.70 bits per heavy atom. The molecule has 0 aromatic heterocycles. The van der Waals surface area contributed by atoms with Crippen LogP contribution >= 0.6 is 0 Å². The largest absolute Gasteiger partial charge is 0.366 e. The number of likely N-dealkylation sites (N-methyl/N-ethyl adjacent to an activating group) is 1. The van der Waals surface area contributed by atoms with Crippen LogP contribution in [0.2, 0.25) is 0 Å². The fraction of sp³-hybridized carbons (Fsp3) is 0.438. The maximum atomic E-state index is 12.2. The number of primary amides is 1. The number of quaternary nitrogens is 1. The van der Waals surface area contributed by atoms with E-state index < -0.39 is 11.9 Å². The minimum atomic E-state index is -0.517. The van der Waals surface area contributed by atoms with Gasteiger partial charge in [-0.25, -0.2) is 0 Å².